The Morgan fingerprint density at radius 3 is 2.95 bits per heavy atom. The van der Waals surface area contributed by atoms with Gasteiger partial charge in [-0.1, -0.05) is 6.42 Å². The van der Waals surface area contributed by atoms with Crippen molar-refractivity contribution < 1.29 is 9.53 Å². The number of carbonyl (C=O) groups is 1. The number of carbonyl (C=O) groups excluding carboxylic acids is 1. The van der Waals surface area contributed by atoms with Crippen molar-refractivity contribution in [1.29, 1.82) is 0 Å². The minimum atomic E-state index is -0.233. The summed E-state index contributed by atoms with van der Waals surface area (Å²) in [5.41, 5.74) is 5.23. The van der Waals surface area contributed by atoms with Crippen LogP contribution in [-0.4, -0.2) is 43.8 Å². The van der Waals surface area contributed by atoms with Gasteiger partial charge < -0.3 is 21.1 Å². The Balaban J connectivity index is 0.00000180. The first-order valence-electron chi connectivity index (χ1n) is 7.02. The molecular weight excluding hydrogens is 266 g/mol. The minimum absolute atomic E-state index is 0. The van der Waals surface area contributed by atoms with Gasteiger partial charge in [0.2, 0.25) is 5.91 Å². The molecule has 1 aliphatic heterocycles. The van der Waals surface area contributed by atoms with Gasteiger partial charge in [0, 0.05) is 31.1 Å². The molecular formula is C13H26ClN3O2. The van der Waals surface area contributed by atoms with E-state index in [0.717, 1.165) is 19.8 Å². The van der Waals surface area contributed by atoms with Crippen molar-refractivity contribution in [3.8, 4) is 0 Å². The Morgan fingerprint density at radius 1 is 1.53 bits per heavy atom. The van der Waals surface area contributed by atoms with Gasteiger partial charge in [-0.2, -0.15) is 0 Å². The van der Waals surface area contributed by atoms with Crippen LogP contribution in [0.5, 0.6) is 0 Å². The molecule has 5 nitrogen and oxygen atoms in total. The van der Waals surface area contributed by atoms with E-state index >= 15 is 0 Å². The highest BCUT2D eigenvalue weighted by Gasteiger charge is 2.35. The van der Waals surface area contributed by atoms with Crippen LogP contribution in [0.1, 0.15) is 32.6 Å². The van der Waals surface area contributed by atoms with Crippen LogP contribution in [0.15, 0.2) is 0 Å². The Bertz CT molecular complexity index is 285. The lowest BCUT2D eigenvalue weighted by Crippen LogP contribution is -2.52. The second-order valence-electron chi connectivity index (χ2n) is 5.57. The van der Waals surface area contributed by atoms with Crippen LogP contribution in [0.25, 0.3) is 0 Å². The SMILES string of the molecule is CC(CC(N)=O)NC1CCCC1C1COCCN1.Cl. The number of rotatable bonds is 5. The van der Waals surface area contributed by atoms with E-state index in [1.54, 1.807) is 0 Å². The first-order valence-corrected chi connectivity index (χ1v) is 7.02. The number of morpholine rings is 1. The molecule has 1 amide bonds. The van der Waals surface area contributed by atoms with E-state index in [0.29, 0.717) is 24.4 Å². The molecule has 112 valence electrons. The molecule has 1 saturated carbocycles. The van der Waals surface area contributed by atoms with E-state index in [9.17, 15) is 4.79 Å². The molecule has 4 N–H and O–H groups in total. The Morgan fingerprint density at radius 2 is 2.32 bits per heavy atom. The Labute approximate surface area is 121 Å². The molecule has 1 heterocycles. The van der Waals surface area contributed by atoms with Crippen molar-refractivity contribution in [3.63, 3.8) is 0 Å². The summed E-state index contributed by atoms with van der Waals surface area (Å²) in [7, 11) is 0. The van der Waals surface area contributed by atoms with Gasteiger partial charge in [0.1, 0.15) is 0 Å². The summed E-state index contributed by atoms with van der Waals surface area (Å²) in [6.07, 6.45) is 4.09. The number of hydrogen-bond donors (Lipinski definition) is 3. The van der Waals surface area contributed by atoms with Crippen LogP contribution in [-0.2, 0) is 9.53 Å². The molecule has 6 heteroatoms. The van der Waals surface area contributed by atoms with Crippen LogP contribution in [0.2, 0.25) is 0 Å². The first-order chi connectivity index (χ1) is 8.66. The van der Waals surface area contributed by atoms with Gasteiger partial charge in [-0.15, -0.1) is 12.4 Å². The summed E-state index contributed by atoms with van der Waals surface area (Å²) in [5.74, 6) is 0.379. The summed E-state index contributed by atoms with van der Waals surface area (Å²) in [6, 6.07) is 1.11. The third-order valence-electron chi connectivity index (χ3n) is 4.04. The quantitative estimate of drug-likeness (QED) is 0.686. The first kappa shape index (κ1) is 16.7. The molecule has 0 bridgehead atoms. The van der Waals surface area contributed by atoms with E-state index in [2.05, 4.69) is 10.6 Å². The maximum Gasteiger partial charge on any atom is 0.218 e. The predicted molar refractivity (Wildman–Crippen MR) is 77.4 cm³/mol. The van der Waals surface area contributed by atoms with Gasteiger partial charge in [0.25, 0.3) is 0 Å². The number of halogens is 1. The largest absolute Gasteiger partial charge is 0.379 e. The zero-order valence-corrected chi connectivity index (χ0v) is 12.4. The maximum absolute atomic E-state index is 10.9. The molecule has 0 aromatic rings. The molecule has 4 atom stereocenters. The van der Waals surface area contributed by atoms with Crippen molar-refractivity contribution in [3.05, 3.63) is 0 Å². The van der Waals surface area contributed by atoms with Gasteiger partial charge in [-0.3, -0.25) is 4.79 Å². The topological polar surface area (TPSA) is 76.4 Å². The zero-order valence-electron chi connectivity index (χ0n) is 11.6. The fourth-order valence-electron chi connectivity index (χ4n) is 3.26. The number of primary amides is 1. The highest BCUT2D eigenvalue weighted by Crippen LogP contribution is 2.29. The van der Waals surface area contributed by atoms with Crippen molar-refractivity contribution in [2.45, 2.75) is 50.7 Å². The van der Waals surface area contributed by atoms with E-state index in [1.165, 1.54) is 19.3 Å². The summed E-state index contributed by atoms with van der Waals surface area (Å²) in [6.45, 7) is 4.61. The van der Waals surface area contributed by atoms with Crippen LogP contribution < -0.4 is 16.4 Å². The predicted octanol–water partition coefficient (Wildman–Crippen LogP) is 0.419. The summed E-state index contributed by atoms with van der Waals surface area (Å²) < 4.78 is 5.55. The van der Waals surface area contributed by atoms with E-state index in [-0.39, 0.29) is 24.4 Å². The van der Waals surface area contributed by atoms with Crippen molar-refractivity contribution >= 4 is 18.3 Å². The molecule has 2 rings (SSSR count). The maximum atomic E-state index is 10.9. The van der Waals surface area contributed by atoms with Crippen molar-refractivity contribution in [1.82, 2.24) is 10.6 Å². The second kappa shape index (κ2) is 8.04. The highest BCUT2D eigenvalue weighted by atomic mass is 35.5. The Kier molecular flexibility index (Phi) is 7.07. The molecule has 1 aliphatic carbocycles. The number of nitrogens with two attached hydrogens (primary N) is 1. The van der Waals surface area contributed by atoms with Gasteiger partial charge in [-0.25, -0.2) is 0 Å². The smallest absolute Gasteiger partial charge is 0.218 e. The summed E-state index contributed by atoms with van der Waals surface area (Å²) in [4.78, 5) is 10.9. The van der Waals surface area contributed by atoms with Crippen LogP contribution in [0.4, 0.5) is 0 Å². The molecule has 4 unspecified atom stereocenters. The third kappa shape index (κ3) is 4.91. The van der Waals surface area contributed by atoms with Crippen LogP contribution in [0, 0.1) is 5.92 Å². The summed E-state index contributed by atoms with van der Waals surface area (Å²) >= 11 is 0. The average Bonchev–Trinajstić information content (AvgIpc) is 2.77. The van der Waals surface area contributed by atoms with Gasteiger partial charge >= 0.3 is 0 Å². The van der Waals surface area contributed by atoms with Gasteiger partial charge in [0.05, 0.1) is 13.2 Å². The fourth-order valence-corrected chi connectivity index (χ4v) is 3.26. The lowest BCUT2D eigenvalue weighted by atomic mass is 9.93. The molecule has 0 radical (unpaired) electrons. The van der Waals surface area contributed by atoms with Crippen LogP contribution in [0.3, 0.4) is 0 Å². The molecule has 2 fully saturated rings. The third-order valence-corrected chi connectivity index (χ3v) is 4.04. The normalized spacial score (nSPS) is 32.6. The van der Waals surface area contributed by atoms with Gasteiger partial charge in [-0.05, 0) is 25.7 Å². The van der Waals surface area contributed by atoms with Crippen molar-refractivity contribution in [2.75, 3.05) is 19.8 Å². The molecule has 1 saturated heterocycles. The monoisotopic (exact) mass is 291 g/mol. The molecule has 19 heavy (non-hydrogen) atoms. The molecule has 0 spiro atoms. The van der Waals surface area contributed by atoms with Crippen LogP contribution >= 0.6 is 12.4 Å². The average molecular weight is 292 g/mol. The van der Waals surface area contributed by atoms with E-state index < -0.39 is 0 Å². The zero-order chi connectivity index (χ0) is 13.0. The lowest BCUT2D eigenvalue weighted by molar-refractivity contribution is -0.118. The lowest BCUT2D eigenvalue weighted by Gasteiger charge is -2.34. The number of amides is 1. The number of nitrogens with one attached hydrogen (secondary N) is 2. The molecule has 0 aromatic heterocycles. The molecule has 2 aliphatic rings. The van der Waals surface area contributed by atoms with E-state index in [4.69, 9.17) is 10.5 Å². The molecule has 0 aromatic carbocycles. The fraction of sp³-hybridized carbons (Fsp3) is 0.923. The Hall–Kier alpha value is -0.360. The van der Waals surface area contributed by atoms with E-state index in [1.807, 2.05) is 6.92 Å². The number of hydrogen-bond acceptors (Lipinski definition) is 4. The standard InChI is InChI=1S/C13H25N3O2.ClH/c1-9(7-13(14)17)16-11-4-2-3-10(11)12-8-18-6-5-15-12;/h9-12,15-16H,2-8H2,1H3,(H2,14,17);1H. The van der Waals surface area contributed by atoms with Gasteiger partial charge in [0.15, 0.2) is 0 Å². The summed E-state index contributed by atoms with van der Waals surface area (Å²) in [5, 5.41) is 7.11. The number of ether oxygens (including phenoxy) is 1. The second-order valence-corrected chi connectivity index (χ2v) is 5.57. The highest BCUT2D eigenvalue weighted by molar-refractivity contribution is 5.85. The minimum Gasteiger partial charge on any atom is -0.379 e. The van der Waals surface area contributed by atoms with Crippen molar-refractivity contribution in [2.24, 2.45) is 11.7 Å².